The molecule has 0 spiro atoms. The van der Waals surface area contributed by atoms with E-state index >= 15 is 0 Å². The number of nitrogens with one attached hydrogen (secondary N) is 1. The van der Waals surface area contributed by atoms with Crippen LogP contribution in [0.15, 0.2) is 51.8 Å². The van der Waals surface area contributed by atoms with Crippen molar-refractivity contribution in [3.63, 3.8) is 0 Å². The molecule has 0 saturated carbocycles. The maximum absolute atomic E-state index is 13.8. The Morgan fingerprint density at radius 1 is 1.33 bits per heavy atom. The van der Waals surface area contributed by atoms with Gasteiger partial charge in [-0.05, 0) is 43.2 Å². The normalized spacial score (nSPS) is 17.0. The molecule has 0 radical (unpaired) electrons. The number of carbonyl (C=O) groups is 1. The number of hydrogen-bond donors (Lipinski definition) is 1. The lowest BCUT2D eigenvalue weighted by Crippen LogP contribution is -2.15. The first-order valence-electron chi connectivity index (χ1n) is 7.73. The van der Waals surface area contributed by atoms with E-state index in [2.05, 4.69) is 21.2 Å². The molecule has 126 valence electrons. The first-order valence-corrected chi connectivity index (χ1v) is 9.51. The fourth-order valence-electron chi connectivity index (χ4n) is 2.52. The summed E-state index contributed by atoms with van der Waals surface area (Å²) in [7, 11) is 0. The standard InChI is InChI=1S/C18H17BrFNO2S/c19-12-7-8-15(20)16(10-12)21-18(22)14-5-1-2-6-17(14)24-11-13-4-3-9-23-13/h1-2,5-8,10,13H,3-4,9,11H2,(H,21,22). The van der Waals surface area contributed by atoms with Crippen LogP contribution in [0.5, 0.6) is 0 Å². The molecule has 1 aliphatic heterocycles. The van der Waals surface area contributed by atoms with Gasteiger partial charge in [0.25, 0.3) is 5.91 Å². The summed E-state index contributed by atoms with van der Waals surface area (Å²) in [5, 5.41) is 2.65. The molecule has 1 N–H and O–H groups in total. The fourth-order valence-corrected chi connectivity index (χ4v) is 4.00. The monoisotopic (exact) mass is 409 g/mol. The zero-order chi connectivity index (χ0) is 16.9. The van der Waals surface area contributed by atoms with Gasteiger partial charge < -0.3 is 10.1 Å². The predicted molar refractivity (Wildman–Crippen MR) is 98.2 cm³/mol. The summed E-state index contributed by atoms with van der Waals surface area (Å²) in [6, 6.07) is 11.8. The summed E-state index contributed by atoms with van der Waals surface area (Å²) in [5.74, 6) is 0.0358. The van der Waals surface area contributed by atoms with Gasteiger partial charge in [0.2, 0.25) is 0 Å². The second-order valence-electron chi connectivity index (χ2n) is 5.52. The van der Waals surface area contributed by atoms with Gasteiger partial charge in [-0.1, -0.05) is 28.1 Å². The fraction of sp³-hybridized carbons (Fsp3) is 0.278. The molecule has 0 aliphatic carbocycles. The van der Waals surface area contributed by atoms with Crippen molar-refractivity contribution in [3.8, 4) is 0 Å². The minimum atomic E-state index is -0.462. The summed E-state index contributed by atoms with van der Waals surface area (Å²) < 4.78 is 20.2. The van der Waals surface area contributed by atoms with E-state index in [1.807, 2.05) is 18.2 Å². The average Bonchev–Trinajstić information content (AvgIpc) is 3.10. The van der Waals surface area contributed by atoms with E-state index in [1.165, 1.54) is 6.07 Å². The van der Waals surface area contributed by atoms with Crippen molar-refractivity contribution < 1.29 is 13.9 Å². The van der Waals surface area contributed by atoms with Gasteiger partial charge in [-0.15, -0.1) is 11.8 Å². The number of thioether (sulfide) groups is 1. The van der Waals surface area contributed by atoms with E-state index in [4.69, 9.17) is 4.74 Å². The van der Waals surface area contributed by atoms with Gasteiger partial charge in [0.05, 0.1) is 17.4 Å². The number of amides is 1. The molecular formula is C18H17BrFNO2S. The van der Waals surface area contributed by atoms with Crippen molar-refractivity contribution in [2.75, 3.05) is 17.7 Å². The summed E-state index contributed by atoms with van der Waals surface area (Å²) in [6.45, 7) is 0.815. The lowest BCUT2D eigenvalue weighted by Gasteiger charge is -2.13. The topological polar surface area (TPSA) is 38.3 Å². The summed E-state index contributed by atoms with van der Waals surface area (Å²) in [4.78, 5) is 13.4. The number of hydrogen-bond acceptors (Lipinski definition) is 3. The molecule has 6 heteroatoms. The van der Waals surface area contributed by atoms with Crippen LogP contribution in [-0.2, 0) is 4.74 Å². The number of rotatable bonds is 5. The molecule has 0 bridgehead atoms. The van der Waals surface area contributed by atoms with Crippen LogP contribution < -0.4 is 5.32 Å². The molecule has 1 atom stereocenters. The van der Waals surface area contributed by atoms with Gasteiger partial charge in [0.15, 0.2) is 0 Å². The highest BCUT2D eigenvalue weighted by Crippen LogP contribution is 2.28. The van der Waals surface area contributed by atoms with Gasteiger partial charge in [0.1, 0.15) is 5.82 Å². The molecule has 1 unspecified atom stereocenters. The summed E-state index contributed by atoms with van der Waals surface area (Å²) in [5.41, 5.74) is 0.702. The minimum absolute atomic E-state index is 0.160. The summed E-state index contributed by atoms with van der Waals surface area (Å²) >= 11 is 4.89. The van der Waals surface area contributed by atoms with Crippen LogP contribution in [0.25, 0.3) is 0 Å². The van der Waals surface area contributed by atoms with Gasteiger partial charge >= 0.3 is 0 Å². The Morgan fingerprint density at radius 3 is 2.96 bits per heavy atom. The Labute approximate surface area is 153 Å². The number of halogens is 2. The lowest BCUT2D eigenvalue weighted by molar-refractivity contribution is 0.102. The molecular weight excluding hydrogens is 393 g/mol. The lowest BCUT2D eigenvalue weighted by atomic mass is 10.2. The quantitative estimate of drug-likeness (QED) is 0.697. The molecule has 3 rings (SSSR count). The van der Waals surface area contributed by atoms with E-state index in [0.717, 1.165) is 30.1 Å². The number of benzene rings is 2. The van der Waals surface area contributed by atoms with Crippen LogP contribution in [-0.4, -0.2) is 24.4 Å². The number of anilines is 1. The van der Waals surface area contributed by atoms with E-state index in [1.54, 1.807) is 30.0 Å². The number of ether oxygens (including phenoxy) is 1. The second-order valence-corrected chi connectivity index (χ2v) is 7.50. The van der Waals surface area contributed by atoms with E-state index < -0.39 is 5.82 Å². The van der Waals surface area contributed by atoms with Gasteiger partial charge in [-0.2, -0.15) is 0 Å². The molecule has 1 saturated heterocycles. The van der Waals surface area contributed by atoms with Crippen molar-refractivity contribution >= 4 is 39.3 Å². The van der Waals surface area contributed by atoms with Crippen molar-refractivity contribution in [2.45, 2.75) is 23.8 Å². The van der Waals surface area contributed by atoms with Gasteiger partial charge in [0, 0.05) is 21.7 Å². The van der Waals surface area contributed by atoms with E-state index in [0.29, 0.717) is 10.0 Å². The van der Waals surface area contributed by atoms with Crippen LogP contribution in [0, 0.1) is 5.82 Å². The number of carbonyl (C=O) groups excluding carboxylic acids is 1. The Morgan fingerprint density at radius 2 is 2.17 bits per heavy atom. The molecule has 1 heterocycles. The van der Waals surface area contributed by atoms with Crippen LogP contribution in [0.2, 0.25) is 0 Å². The van der Waals surface area contributed by atoms with E-state index in [9.17, 15) is 9.18 Å². The molecule has 1 amide bonds. The van der Waals surface area contributed by atoms with Crippen molar-refractivity contribution in [2.24, 2.45) is 0 Å². The second kappa shape index (κ2) is 8.14. The first-order chi connectivity index (χ1) is 11.6. The molecule has 1 aliphatic rings. The van der Waals surface area contributed by atoms with Gasteiger partial charge in [-0.3, -0.25) is 4.79 Å². The average molecular weight is 410 g/mol. The first kappa shape index (κ1) is 17.5. The summed E-state index contributed by atoms with van der Waals surface area (Å²) in [6.07, 6.45) is 2.40. The molecule has 24 heavy (non-hydrogen) atoms. The Kier molecular flexibility index (Phi) is 5.92. The Balaban J connectivity index is 1.73. The van der Waals surface area contributed by atoms with Gasteiger partial charge in [-0.25, -0.2) is 4.39 Å². The maximum Gasteiger partial charge on any atom is 0.256 e. The largest absolute Gasteiger partial charge is 0.377 e. The third-order valence-corrected chi connectivity index (χ3v) is 5.46. The maximum atomic E-state index is 13.8. The third-order valence-electron chi connectivity index (χ3n) is 3.76. The highest BCUT2D eigenvalue weighted by atomic mass is 79.9. The highest BCUT2D eigenvalue weighted by molar-refractivity contribution is 9.10. The molecule has 2 aromatic carbocycles. The SMILES string of the molecule is O=C(Nc1cc(Br)ccc1F)c1ccccc1SCC1CCCO1. The molecule has 1 fully saturated rings. The van der Waals surface area contributed by atoms with Crippen molar-refractivity contribution in [1.82, 2.24) is 0 Å². The Hall–Kier alpha value is -1.37. The molecule has 3 nitrogen and oxygen atoms in total. The van der Waals surface area contributed by atoms with Crippen LogP contribution in [0.1, 0.15) is 23.2 Å². The van der Waals surface area contributed by atoms with E-state index in [-0.39, 0.29) is 17.7 Å². The van der Waals surface area contributed by atoms with Crippen LogP contribution in [0.4, 0.5) is 10.1 Å². The van der Waals surface area contributed by atoms with Crippen molar-refractivity contribution in [1.29, 1.82) is 0 Å². The highest BCUT2D eigenvalue weighted by Gasteiger charge is 2.18. The van der Waals surface area contributed by atoms with Crippen LogP contribution >= 0.6 is 27.7 Å². The predicted octanol–water partition coefficient (Wildman–Crippen LogP) is 5.11. The zero-order valence-electron chi connectivity index (χ0n) is 12.9. The van der Waals surface area contributed by atoms with Crippen LogP contribution in [0.3, 0.4) is 0 Å². The zero-order valence-corrected chi connectivity index (χ0v) is 15.3. The minimum Gasteiger partial charge on any atom is -0.377 e. The molecule has 0 aromatic heterocycles. The Bertz CT molecular complexity index is 735. The molecule has 2 aromatic rings. The smallest absolute Gasteiger partial charge is 0.256 e. The third kappa shape index (κ3) is 4.37. The van der Waals surface area contributed by atoms with Crippen molar-refractivity contribution in [3.05, 3.63) is 58.3 Å².